The van der Waals surface area contributed by atoms with Crippen LogP contribution in [0.2, 0.25) is 0 Å². The predicted molar refractivity (Wildman–Crippen MR) is 65.4 cm³/mol. The van der Waals surface area contributed by atoms with E-state index in [9.17, 15) is 0 Å². The Labute approximate surface area is 99.1 Å². The van der Waals surface area contributed by atoms with Gasteiger partial charge in [-0.15, -0.1) is 0 Å². The molecule has 2 nitrogen and oxygen atoms in total. The maximum atomic E-state index is 5.12. The van der Waals surface area contributed by atoms with Crippen molar-refractivity contribution < 1.29 is 4.74 Å². The largest absolute Gasteiger partial charge is 0.383 e. The molecule has 0 aromatic carbocycles. The van der Waals surface area contributed by atoms with Crippen molar-refractivity contribution in [3.8, 4) is 0 Å². The second-order valence-corrected chi connectivity index (χ2v) is 6.26. The topological polar surface area (TPSA) is 21.3 Å². The van der Waals surface area contributed by atoms with Crippen LogP contribution in [-0.4, -0.2) is 26.8 Å². The lowest BCUT2D eigenvalue weighted by Gasteiger charge is -2.38. The number of rotatable bonds is 6. The molecule has 0 heterocycles. The van der Waals surface area contributed by atoms with Crippen LogP contribution in [0.3, 0.4) is 0 Å². The van der Waals surface area contributed by atoms with Gasteiger partial charge in [0.2, 0.25) is 0 Å². The highest BCUT2D eigenvalue weighted by Gasteiger charge is 2.57. The van der Waals surface area contributed by atoms with E-state index in [-0.39, 0.29) is 0 Å². The molecule has 0 aromatic rings. The molecule has 1 N–H and O–H groups in total. The van der Waals surface area contributed by atoms with Crippen molar-refractivity contribution in [3.05, 3.63) is 0 Å². The zero-order chi connectivity index (χ0) is 11.0. The Morgan fingerprint density at radius 3 is 2.56 bits per heavy atom. The van der Waals surface area contributed by atoms with Gasteiger partial charge in [-0.1, -0.05) is 6.42 Å². The van der Waals surface area contributed by atoms with Crippen molar-refractivity contribution in [2.45, 2.75) is 38.5 Å². The monoisotopic (exact) mass is 223 g/mol. The van der Waals surface area contributed by atoms with Gasteiger partial charge in [-0.3, -0.25) is 0 Å². The van der Waals surface area contributed by atoms with Crippen LogP contribution in [0.5, 0.6) is 0 Å². The molecule has 0 aliphatic heterocycles. The van der Waals surface area contributed by atoms with Gasteiger partial charge in [-0.25, -0.2) is 0 Å². The predicted octanol–water partition coefficient (Wildman–Crippen LogP) is 2.44. The highest BCUT2D eigenvalue weighted by Crippen LogP contribution is 2.64. The van der Waals surface area contributed by atoms with Crippen molar-refractivity contribution in [3.63, 3.8) is 0 Å². The van der Waals surface area contributed by atoms with E-state index in [1.165, 1.54) is 38.6 Å². The van der Waals surface area contributed by atoms with Crippen molar-refractivity contribution in [1.29, 1.82) is 0 Å². The molecule has 16 heavy (non-hydrogen) atoms. The van der Waals surface area contributed by atoms with Crippen LogP contribution >= 0.6 is 0 Å². The van der Waals surface area contributed by atoms with Crippen LogP contribution in [0.1, 0.15) is 38.5 Å². The highest BCUT2D eigenvalue weighted by atomic mass is 16.5. The summed E-state index contributed by atoms with van der Waals surface area (Å²) in [7, 11) is 1.79. The van der Waals surface area contributed by atoms with Crippen LogP contribution in [0, 0.1) is 23.2 Å². The number of ether oxygens (including phenoxy) is 1. The Hall–Kier alpha value is -0.0800. The van der Waals surface area contributed by atoms with Crippen molar-refractivity contribution in [2.75, 3.05) is 26.8 Å². The van der Waals surface area contributed by atoms with E-state index in [2.05, 4.69) is 5.32 Å². The molecule has 2 bridgehead atoms. The molecule has 0 spiro atoms. The van der Waals surface area contributed by atoms with Crippen LogP contribution in [0.15, 0.2) is 0 Å². The average molecular weight is 223 g/mol. The van der Waals surface area contributed by atoms with Gasteiger partial charge >= 0.3 is 0 Å². The molecule has 3 aliphatic rings. The lowest BCUT2D eigenvalue weighted by atomic mass is 9.69. The van der Waals surface area contributed by atoms with Gasteiger partial charge in [0, 0.05) is 20.2 Å². The second kappa shape index (κ2) is 4.30. The van der Waals surface area contributed by atoms with Gasteiger partial charge in [0.25, 0.3) is 0 Å². The van der Waals surface area contributed by atoms with Crippen LogP contribution in [0.25, 0.3) is 0 Å². The molecule has 3 saturated carbocycles. The summed E-state index contributed by atoms with van der Waals surface area (Å²) in [6.45, 7) is 3.15. The van der Waals surface area contributed by atoms with E-state index in [4.69, 9.17) is 4.74 Å². The molecular formula is C14H25NO. The van der Waals surface area contributed by atoms with Gasteiger partial charge in [0.1, 0.15) is 0 Å². The Balaban J connectivity index is 1.58. The van der Waals surface area contributed by atoms with Gasteiger partial charge in [-0.05, 0) is 55.3 Å². The molecule has 3 fully saturated rings. The molecule has 3 atom stereocenters. The van der Waals surface area contributed by atoms with E-state index in [1.54, 1.807) is 13.5 Å². The van der Waals surface area contributed by atoms with Crippen molar-refractivity contribution in [1.82, 2.24) is 5.32 Å². The number of nitrogens with one attached hydrogen (secondary N) is 1. The number of hydrogen-bond donors (Lipinski definition) is 1. The molecule has 3 unspecified atom stereocenters. The van der Waals surface area contributed by atoms with Crippen molar-refractivity contribution >= 4 is 0 Å². The summed E-state index contributed by atoms with van der Waals surface area (Å²) in [5, 5.41) is 3.65. The Bertz CT molecular complexity index is 251. The minimum atomic E-state index is 0.705. The van der Waals surface area contributed by atoms with Crippen LogP contribution in [0.4, 0.5) is 0 Å². The third-order valence-electron chi connectivity index (χ3n) is 5.35. The second-order valence-electron chi connectivity index (χ2n) is 6.26. The molecule has 0 aromatic heterocycles. The molecule has 3 rings (SSSR count). The number of fused-ring (bicyclic) bond motifs is 2. The number of methoxy groups -OCH3 is 1. The third kappa shape index (κ3) is 1.80. The van der Waals surface area contributed by atoms with Crippen LogP contribution in [-0.2, 0) is 4.74 Å². The van der Waals surface area contributed by atoms with Gasteiger partial charge in [0.05, 0.1) is 6.61 Å². The smallest absolute Gasteiger partial charge is 0.0587 e. The summed E-state index contributed by atoms with van der Waals surface area (Å²) >= 11 is 0. The first kappa shape index (κ1) is 11.0. The quantitative estimate of drug-likeness (QED) is 0.698. The van der Waals surface area contributed by atoms with E-state index in [0.29, 0.717) is 5.41 Å². The summed E-state index contributed by atoms with van der Waals surface area (Å²) in [5.41, 5.74) is 0.705. The highest BCUT2D eigenvalue weighted by molar-refractivity contribution is 5.07. The third-order valence-corrected chi connectivity index (χ3v) is 5.35. The van der Waals surface area contributed by atoms with Gasteiger partial charge < -0.3 is 10.1 Å². The Kier molecular flexibility index (Phi) is 2.97. The fourth-order valence-corrected chi connectivity index (χ4v) is 4.50. The first-order valence-corrected chi connectivity index (χ1v) is 7.05. The minimum absolute atomic E-state index is 0.705. The lowest BCUT2D eigenvalue weighted by Crippen LogP contribution is -2.41. The molecule has 0 amide bonds. The molecule has 2 heteroatoms. The zero-order valence-corrected chi connectivity index (χ0v) is 10.5. The van der Waals surface area contributed by atoms with Crippen LogP contribution < -0.4 is 5.32 Å². The fraction of sp³-hybridized carbons (Fsp3) is 1.00. The van der Waals surface area contributed by atoms with E-state index >= 15 is 0 Å². The summed E-state index contributed by atoms with van der Waals surface area (Å²) < 4.78 is 5.12. The van der Waals surface area contributed by atoms with Crippen molar-refractivity contribution in [2.24, 2.45) is 23.2 Å². The normalized spacial score (nSPS) is 41.8. The Morgan fingerprint density at radius 2 is 2.00 bits per heavy atom. The SMILES string of the molecule is COCCNCC1(C2CC2)CC2CCC1C2. The fourth-order valence-electron chi connectivity index (χ4n) is 4.50. The summed E-state index contributed by atoms with van der Waals surface area (Å²) in [6.07, 6.45) is 9.14. The average Bonchev–Trinajstić information content (AvgIpc) is 2.98. The molecular weight excluding hydrogens is 198 g/mol. The zero-order valence-electron chi connectivity index (χ0n) is 10.5. The minimum Gasteiger partial charge on any atom is -0.383 e. The first-order chi connectivity index (χ1) is 7.85. The standard InChI is InChI=1S/C14H25NO/c1-16-7-6-15-10-14(12-4-5-12)9-11-2-3-13(14)8-11/h11-13,15H,2-10H2,1H3. The van der Waals surface area contributed by atoms with E-state index in [0.717, 1.165) is 30.9 Å². The summed E-state index contributed by atoms with van der Waals surface area (Å²) in [5.74, 6) is 3.20. The first-order valence-electron chi connectivity index (χ1n) is 7.05. The molecule has 0 saturated heterocycles. The Morgan fingerprint density at radius 1 is 1.19 bits per heavy atom. The summed E-state index contributed by atoms with van der Waals surface area (Å²) in [6, 6.07) is 0. The van der Waals surface area contributed by atoms with Gasteiger partial charge in [0.15, 0.2) is 0 Å². The molecule has 0 radical (unpaired) electrons. The maximum absolute atomic E-state index is 5.12. The summed E-state index contributed by atoms with van der Waals surface area (Å²) in [4.78, 5) is 0. The van der Waals surface area contributed by atoms with Gasteiger partial charge in [-0.2, -0.15) is 0 Å². The lowest BCUT2D eigenvalue weighted by molar-refractivity contribution is 0.119. The number of hydrogen-bond acceptors (Lipinski definition) is 2. The van der Waals surface area contributed by atoms with E-state index in [1.807, 2.05) is 0 Å². The molecule has 92 valence electrons. The van der Waals surface area contributed by atoms with E-state index < -0.39 is 0 Å². The molecule has 3 aliphatic carbocycles. The maximum Gasteiger partial charge on any atom is 0.0587 e.